The molecule has 8 nitrogen and oxygen atoms in total. The Morgan fingerprint density at radius 3 is 2.49 bits per heavy atom. The Labute approximate surface area is 233 Å². The number of aromatic nitrogens is 2. The van der Waals surface area contributed by atoms with E-state index in [1.807, 2.05) is 84.9 Å². The van der Waals surface area contributed by atoms with Gasteiger partial charge in [0.1, 0.15) is 45.9 Å². The van der Waals surface area contributed by atoms with E-state index in [2.05, 4.69) is 20.6 Å². The van der Waals surface area contributed by atoms with E-state index in [1.165, 1.54) is 12.6 Å². The van der Waals surface area contributed by atoms with Gasteiger partial charge in [-0.2, -0.15) is 0 Å². The zero-order chi connectivity index (χ0) is 26.4. The van der Waals surface area contributed by atoms with Crippen molar-refractivity contribution in [3.8, 4) is 17.1 Å². The summed E-state index contributed by atoms with van der Waals surface area (Å²) in [4.78, 5) is 8.87. The van der Waals surface area contributed by atoms with Crippen LogP contribution in [0.4, 0.5) is 11.5 Å². The summed E-state index contributed by atoms with van der Waals surface area (Å²) >= 11 is 0. The van der Waals surface area contributed by atoms with Crippen LogP contribution in [0.3, 0.4) is 0 Å². The molecule has 2 N–H and O–H groups in total. The van der Waals surface area contributed by atoms with Gasteiger partial charge in [0.15, 0.2) is 0 Å². The minimum Gasteiger partial charge on any atom is -0.489 e. The number of hydrogen-bond acceptors (Lipinski definition) is 8. The number of sulfone groups is 1. The molecule has 0 radical (unpaired) electrons. The quantitative estimate of drug-likeness (QED) is 0.195. The molecule has 39 heavy (non-hydrogen) atoms. The van der Waals surface area contributed by atoms with Crippen LogP contribution in [0.2, 0.25) is 0 Å². The monoisotopic (exact) mass is 564 g/mol. The fraction of sp³-hybridized carbons (Fsp3) is 0.172. The Morgan fingerprint density at radius 2 is 1.72 bits per heavy atom. The van der Waals surface area contributed by atoms with Crippen molar-refractivity contribution in [2.75, 3.05) is 23.9 Å². The number of halogens is 1. The highest BCUT2D eigenvalue weighted by molar-refractivity contribution is 7.90. The molecule has 0 unspecified atom stereocenters. The molecule has 3 aromatic carbocycles. The first-order valence-electron chi connectivity index (χ1n) is 12.2. The van der Waals surface area contributed by atoms with Crippen LogP contribution in [-0.2, 0) is 23.0 Å². The Morgan fingerprint density at radius 1 is 0.923 bits per heavy atom. The van der Waals surface area contributed by atoms with Gasteiger partial charge >= 0.3 is 0 Å². The zero-order valence-electron chi connectivity index (χ0n) is 21.3. The van der Waals surface area contributed by atoms with Gasteiger partial charge in [0.25, 0.3) is 0 Å². The maximum atomic E-state index is 11.3. The summed E-state index contributed by atoms with van der Waals surface area (Å²) in [6.07, 6.45) is 2.76. The third kappa shape index (κ3) is 7.79. The fourth-order valence-corrected chi connectivity index (χ4v) is 4.43. The van der Waals surface area contributed by atoms with E-state index < -0.39 is 9.84 Å². The van der Waals surface area contributed by atoms with Crippen LogP contribution in [0.5, 0.6) is 5.75 Å². The number of anilines is 2. The average Bonchev–Trinajstić information content (AvgIpc) is 3.40. The second-order valence-electron chi connectivity index (χ2n) is 8.95. The first kappa shape index (κ1) is 28.1. The number of hydrogen-bond donors (Lipinski definition) is 2. The normalized spacial score (nSPS) is 11.2. The van der Waals surface area contributed by atoms with Crippen LogP contribution in [0.25, 0.3) is 22.2 Å². The summed E-state index contributed by atoms with van der Waals surface area (Å²) < 4.78 is 34.5. The van der Waals surface area contributed by atoms with Crippen molar-refractivity contribution in [3.63, 3.8) is 0 Å². The minimum absolute atomic E-state index is 0. The Balaban J connectivity index is 0.00000353. The van der Waals surface area contributed by atoms with Crippen molar-refractivity contribution in [2.24, 2.45) is 0 Å². The number of rotatable bonds is 11. The van der Waals surface area contributed by atoms with Crippen molar-refractivity contribution in [2.45, 2.75) is 13.2 Å². The highest BCUT2D eigenvalue weighted by Gasteiger charge is 2.10. The summed E-state index contributed by atoms with van der Waals surface area (Å²) in [5, 5.41) is 7.34. The number of nitrogens with one attached hydrogen (secondary N) is 2. The third-order valence-electron chi connectivity index (χ3n) is 5.90. The highest BCUT2D eigenvalue weighted by Crippen LogP contribution is 2.30. The van der Waals surface area contributed by atoms with Gasteiger partial charge in [-0.3, -0.25) is 0 Å². The number of furan rings is 1. The van der Waals surface area contributed by atoms with Crippen LogP contribution >= 0.6 is 12.4 Å². The number of nitrogens with zero attached hydrogens (tertiary/aromatic N) is 2. The summed E-state index contributed by atoms with van der Waals surface area (Å²) in [5.41, 5.74) is 3.69. The molecule has 0 saturated heterocycles. The second-order valence-corrected chi connectivity index (χ2v) is 11.2. The molecule has 0 aliphatic carbocycles. The number of benzene rings is 3. The molecule has 5 aromatic rings. The Kier molecular flexibility index (Phi) is 9.19. The van der Waals surface area contributed by atoms with E-state index in [4.69, 9.17) is 9.15 Å². The topological polar surface area (TPSA) is 106 Å². The predicted octanol–water partition coefficient (Wildman–Crippen LogP) is 5.77. The lowest BCUT2D eigenvalue weighted by atomic mass is 10.1. The first-order valence-corrected chi connectivity index (χ1v) is 14.3. The number of fused-ring (bicyclic) bond motifs is 1. The molecule has 0 aliphatic heterocycles. The first-order chi connectivity index (χ1) is 18.4. The van der Waals surface area contributed by atoms with E-state index in [9.17, 15) is 8.42 Å². The van der Waals surface area contributed by atoms with E-state index >= 15 is 0 Å². The third-order valence-corrected chi connectivity index (χ3v) is 6.84. The van der Waals surface area contributed by atoms with Crippen LogP contribution < -0.4 is 15.4 Å². The van der Waals surface area contributed by atoms with Gasteiger partial charge < -0.3 is 19.8 Å². The van der Waals surface area contributed by atoms with Crippen LogP contribution in [0.15, 0.2) is 95.7 Å². The maximum absolute atomic E-state index is 11.3. The molecule has 2 heterocycles. The minimum atomic E-state index is -3.00. The van der Waals surface area contributed by atoms with Gasteiger partial charge in [-0.25, -0.2) is 18.4 Å². The molecule has 2 aromatic heterocycles. The van der Waals surface area contributed by atoms with Crippen molar-refractivity contribution < 1.29 is 17.6 Å². The largest absolute Gasteiger partial charge is 0.489 e. The Bertz CT molecular complexity index is 1620. The van der Waals surface area contributed by atoms with Gasteiger partial charge in [-0.15, -0.1) is 12.4 Å². The molecule has 0 atom stereocenters. The van der Waals surface area contributed by atoms with Crippen molar-refractivity contribution in [1.29, 1.82) is 0 Å². The zero-order valence-corrected chi connectivity index (χ0v) is 23.0. The fourth-order valence-electron chi connectivity index (χ4n) is 3.92. The summed E-state index contributed by atoms with van der Waals surface area (Å²) in [6.45, 7) is 1.33. The second kappa shape index (κ2) is 12.8. The van der Waals surface area contributed by atoms with Gasteiger partial charge in [-0.1, -0.05) is 30.3 Å². The molecule has 0 amide bonds. The lowest BCUT2D eigenvalue weighted by Gasteiger charge is -2.11. The van der Waals surface area contributed by atoms with Crippen molar-refractivity contribution in [1.82, 2.24) is 15.3 Å². The summed E-state index contributed by atoms with van der Waals surface area (Å²) in [7, 11) is -3.00. The molecule has 202 valence electrons. The van der Waals surface area contributed by atoms with Gasteiger partial charge in [0.2, 0.25) is 0 Å². The van der Waals surface area contributed by atoms with E-state index in [0.29, 0.717) is 31.3 Å². The van der Waals surface area contributed by atoms with E-state index in [-0.39, 0.29) is 18.2 Å². The molecule has 0 spiro atoms. The predicted molar refractivity (Wildman–Crippen MR) is 156 cm³/mol. The van der Waals surface area contributed by atoms with Crippen molar-refractivity contribution in [3.05, 3.63) is 103 Å². The SMILES string of the molecule is CS(=O)(=O)CCNCc1ccc(-c2ccc3ncnc(Nc4ccc(OCc5ccccc5)cc4)c3c2)o1.Cl. The van der Waals surface area contributed by atoms with Gasteiger partial charge in [0.05, 0.1) is 17.8 Å². The molecular weight excluding hydrogens is 536 g/mol. The van der Waals surface area contributed by atoms with Crippen LogP contribution in [-0.4, -0.2) is 36.9 Å². The molecule has 0 bridgehead atoms. The summed E-state index contributed by atoms with van der Waals surface area (Å²) in [5.74, 6) is 3.00. The molecule has 0 fully saturated rings. The van der Waals surface area contributed by atoms with E-state index in [1.54, 1.807) is 0 Å². The highest BCUT2D eigenvalue weighted by atomic mass is 35.5. The lowest BCUT2D eigenvalue weighted by Crippen LogP contribution is -2.21. The number of ether oxygens (including phenoxy) is 1. The van der Waals surface area contributed by atoms with Gasteiger partial charge in [0, 0.05) is 29.4 Å². The van der Waals surface area contributed by atoms with Crippen molar-refractivity contribution >= 4 is 44.7 Å². The molecule has 0 aliphatic rings. The molecular formula is C29H29ClN4O4S. The average molecular weight is 565 g/mol. The summed E-state index contributed by atoms with van der Waals surface area (Å²) in [6, 6.07) is 27.5. The van der Waals surface area contributed by atoms with Gasteiger partial charge in [-0.05, 0) is 60.2 Å². The van der Waals surface area contributed by atoms with E-state index in [0.717, 1.165) is 39.2 Å². The van der Waals surface area contributed by atoms with Crippen LogP contribution in [0.1, 0.15) is 11.3 Å². The standard InChI is InChI=1S/C29H28N4O4S.ClH/c1-38(34,35)16-15-30-18-25-12-14-28(37-25)22-7-13-27-26(17-22)29(32-20-31-27)33-23-8-10-24(11-9-23)36-19-21-5-3-2-4-6-21;/h2-14,17,20,30H,15-16,18-19H2,1H3,(H,31,32,33);1H. The molecule has 10 heteroatoms. The lowest BCUT2D eigenvalue weighted by molar-refractivity contribution is 0.306. The molecule has 0 saturated carbocycles. The maximum Gasteiger partial charge on any atom is 0.148 e. The smallest absolute Gasteiger partial charge is 0.148 e. The van der Waals surface area contributed by atoms with Crippen LogP contribution in [0, 0.1) is 0 Å². The Hall–Kier alpha value is -3.92. The molecule has 5 rings (SSSR count).